The normalized spacial score (nSPS) is 11.1. The molecule has 7 heteroatoms. The number of hydrogen-bond donors (Lipinski definition) is 2. The number of rotatable bonds is 4. The van der Waals surface area contributed by atoms with Crippen molar-refractivity contribution in [3.63, 3.8) is 0 Å². The fraction of sp³-hybridized carbons (Fsp3) is 0.154. The smallest absolute Gasteiger partial charge is 0.0954 e. The van der Waals surface area contributed by atoms with Gasteiger partial charge >= 0.3 is 0 Å². The van der Waals surface area contributed by atoms with Gasteiger partial charge in [-0.25, -0.2) is 0 Å². The topological polar surface area (TPSA) is 77.8 Å². The lowest BCUT2D eigenvalue weighted by Crippen LogP contribution is -2.00. The molecule has 0 atom stereocenters. The molecule has 4 nitrogen and oxygen atoms in total. The molecule has 4 N–H and O–H groups in total. The zero-order valence-electron chi connectivity index (χ0n) is 18.8. The molecule has 0 aliphatic carbocycles. The van der Waals surface area contributed by atoms with Gasteiger partial charge in [0.2, 0.25) is 0 Å². The van der Waals surface area contributed by atoms with E-state index >= 15 is 0 Å². The first-order chi connectivity index (χ1) is 15.7. The van der Waals surface area contributed by atoms with E-state index in [9.17, 15) is 0 Å². The van der Waals surface area contributed by atoms with E-state index in [1.807, 2.05) is 12.1 Å². The van der Waals surface area contributed by atoms with Gasteiger partial charge in [-0.3, -0.25) is 9.97 Å². The number of halogens is 2. The third kappa shape index (κ3) is 4.42. The lowest BCUT2D eigenvalue weighted by Gasteiger charge is -2.16. The van der Waals surface area contributed by atoms with E-state index in [2.05, 4.69) is 93.8 Å². The average molecular weight is 584 g/mol. The Bertz CT molecular complexity index is 1280. The van der Waals surface area contributed by atoms with E-state index < -0.39 is 0 Å². The second kappa shape index (κ2) is 9.49. The Hall–Kier alpha value is -2.35. The molecule has 0 bridgehead atoms. The Morgan fingerprint density at radius 1 is 0.636 bits per heavy atom. The van der Waals surface area contributed by atoms with E-state index in [-0.39, 0.29) is 0 Å². The molecule has 0 spiro atoms. The first kappa shape index (κ1) is 23.8. The minimum absolute atomic E-state index is 0.622. The van der Waals surface area contributed by atoms with E-state index in [1.165, 1.54) is 34.0 Å². The predicted octanol–water partition coefficient (Wildman–Crippen LogP) is 7.88. The van der Waals surface area contributed by atoms with Gasteiger partial charge in [0.05, 0.1) is 22.8 Å². The fourth-order valence-electron chi connectivity index (χ4n) is 3.57. The van der Waals surface area contributed by atoms with Crippen LogP contribution in [-0.4, -0.2) is 9.97 Å². The minimum Gasteiger partial charge on any atom is -0.396 e. The Kier molecular flexibility index (Phi) is 6.84. The number of nitrogens with two attached hydrogens (primary N) is 2. The van der Waals surface area contributed by atoms with Crippen LogP contribution in [0.4, 0.5) is 11.4 Å². The van der Waals surface area contributed by atoms with Crippen LogP contribution in [0.1, 0.15) is 22.3 Å². The first-order valence-corrected chi connectivity index (χ1v) is 12.8. The fourth-order valence-corrected chi connectivity index (χ4v) is 5.74. The molecular formula is C26H24Br2N4S. The summed E-state index contributed by atoms with van der Waals surface area (Å²) in [5.74, 6) is 0. The number of pyridine rings is 2. The Labute approximate surface area is 215 Å². The highest BCUT2D eigenvalue weighted by Gasteiger charge is 2.18. The average Bonchev–Trinajstić information content (AvgIpc) is 2.80. The summed E-state index contributed by atoms with van der Waals surface area (Å²) in [5.41, 5.74) is 22.7. The van der Waals surface area contributed by atoms with E-state index in [0.29, 0.717) is 11.4 Å². The standard InChI is InChI=1S/C26H24Br2N4S/c1-13-5-7-17(21(27)15(13)3)25-23(29)19(9-11-31-25)33-20-10-12-32-26(24(20)30)18-8-6-14(2)16(4)22(18)28/h5-12H,29-30H2,1-4H3. The maximum absolute atomic E-state index is 6.61. The van der Waals surface area contributed by atoms with Crippen LogP contribution in [0.3, 0.4) is 0 Å². The largest absolute Gasteiger partial charge is 0.396 e. The van der Waals surface area contributed by atoms with Crippen LogP contribution >= 0.6 is 43.6 Å². The molecule has 0 amide bonds. The van der Waals surface area contributed by atoms with Crippen molar-refractivity contribution in [3.05, 3.63) is 80.0 Å². The van der Waals surface area contributed by atoms with Gasteiger partial charge in [0.15, 0.2) is 0 Å². The maximum Gasteiger partial charge on any atom is 0.0954 e. The molecule has 2 heterocycles. The minimum atomic E-state index is 0.622. The monoisotopic (exact) mass is 582 g/mol. The number of nitrogens with zero attached hydrogens (tertiary/aromatic N) is 2. The summed E-state index contributed by atoms with van der Waals surface area (Å²) < 4.78 is 2.02. The first-order valence-electron chi connectivity index (χ1n) is 10.4. The highest BCUT2D eigenvalue weighted by Crippen LogP contribution is 2.43. The van der Waals surface area contributed by atoms with Crippen LogP contribution < -0.4 is 11.5 Å². The summed E-state index contributed by atoms with van der Waals surface area (Å²) in [6.07, 6.45) is 3.57. The van der Waals surface area contributed by atoms with Crippen molar-refractivity contribution in [1.29, 1.82) is 0 Å². The van der Waals surface area contributed by atoms with Gasteiger partial charge in [-0.2, -0.15) is 0 Å². The van der Waals surface area contributed by atoms with Crippen molar-refractivity contribution < 1.29 is 0 Å². The van der Waals surface area contributed by atoms with Gasteiger partial charge in [0.1, 0.15) is 0 Å². The third-order valence-corrected chi connectivity index (χ3v) is 9.14. The Balaban J connectivity index is 1.76. The van der Waals surface area contributed by atoms with Crippen molar-refractivity contribution in [2.45, 2.75) is 37.5 Å². The Morgan fingerprint density at radius 3 is 1.42 bits per heavy atom. The summed E-state index contributed by atoms with van der Waals surface area (Å²) in [4.78, 5) is 11.0. The highest BCUT2D eigenvalue weighted by molar-refractivity contribution is 9.11. The van der Waals surface area contributed by atoms with Crippen LogP contribution in [0.15, 0.2) is 67.5 Å². The molecular weight excluding hydrogens is 560 g/mol. The molecule has 0 saturated heterocycles. The number of aryl methyl sites for hydroxylation is 2. The van der Waals surface area contributed by atoms with Crippen molar-refractivity contribution in [2.24, 2.45) is 0 Å². The second-order valence-corrected chi connectivity index (χ2v) is 10.7. The molecule has 0 aliphatic heterocycles. The third-order valence-electron chi connectivity index (χ3n) is 5.94. The summed E-state index contributed by atoms with van der Waals surface area (Å²) >= 11 is 8.97. The molecule has 0 aliphatic rings. The van der Waals surface area contributed by atoms with Crippen molar-refractivity contribution in [3.8, 4) is 22.5 Å². The van der Waals surface area contributed by atoms with Gasteiger partial charge in [-0.05, 0) is 93.9 Å². The lowest BCUT2D eigenvalue weighted by atomic mass is 10.0. The molecule has 2 aromatic carbocycles. The van der Waals surface area contributed by atoms with E-state index in [0.717, 1.165) is 41.3 Å². The van der Waals surface area contributed by atoms with Crippen LogP contribution in [0.25, 0.3) is 22.5 Å². The van der Waals surface area contributed by atoms with Crippen molar-refractivity contribution in [1.82, 2.24) is 9.97 Å². The van der Waals surface area contributed by atoms with Crippen LogP contribution in [-0.2, 0) is 0 Å². The van der Waals surface area contributed by atoms with E-state index in [1.54, 1.807) is 12.4 Å². The van der Waals surface area contributed by atoms with Crippen LogP contribution in [0.5, 0.6) is 0 Å². The van der Waals surface area contributed by atoms with Gasteiger partial charge in [-0.15, -0.1) is 0 Å². The molecule has 33 heavy (non-hydrogen) atoms. The van der Waals surface area contributed by atoms with Crippen LogP contribution in [0, 0.1) is 27.7 Å². The molecule has 0 saturated carbocycles. The van der Waals surface area contributed by atoms with Crippen molar-refractivity contribution >= 4 is 55.0 Å². The molecule has 0 fully saturated rings. The molecule has 4 aromatic rings. The lowest BCUT2D eigenvalue weighted by molar-refractivity contribution is 1.23. The summed E-state index contributed by atoms with van der Waals surface area (Å²) in [7, 11) is 0. The van der Waals surface area contributed by atoms with Gasteiger partial charge in [0.25, 0.3) is 0 Å². The van der Waals surface area contributed by atoms with E-state index in [4.69, 9.17) is 11.5 Å². The Morgan fingerprint density at radius 2 is 1.03 bits per heavy atom. The molecule has 4 rings (SSSR count). The van der Waals surface area contributed by atoms with Gasteiger partial charge in [-0.1, -0.05) is 36.0 Å². The zero-order valence-corrected chi connectivity index (χ0v) is 22.8. The maximum atomic E-state index is 6.61. The molecule has 168 valence electrons. The second-order valence-electron chi connectivity index (χ2n) is 7.98. The number of anilines is 2. The molecule has 0 radical (unpaired) electrons. The predicted molar refractivity (Wildman–Crippen MR) is 147 cm³/mol. The number of benzene rings is 2. The van der Waals surface area contributed by atoms with Gasteiger partial charge in [0, 0.05) is 42.3 Å². The summed E-state index contributed by atoms with van der Waals surface area (Å²) in [5, 5.41) is 0. The van der Waals surface area contributed by atoms with Gasteiger partial charge < -0.3 is 11.5 Å². The summed E-state index contributed by atoms with van der Waals surface area (Å²) in [6, 6.07) is 12.1. The quantitative estimate of drug-likeness (QED) is 0.255. The van der Waals surface area contributed by atoms with Crippen molar-refractivity contribution in [2.75, 3.05) is 11.5 Å². The molecule has 2 aromatic heterocycles. The zero-order chi connectivity index (χ0) is 23.9. The van der Waals surface area contributed by atoms with Crippen LogP contribution in [0.2, 0.25) is 0 Å². The highest BCUT2D eigenvalue weighted by atomic mass is 79.9. The molecule has 0 unspecified atom stereocenters. The number of hydrogen-bond acceptors (Lipinski definition) is 5. The number of aromatic nitrogens is 2. The number of nitrogen functional groups attached to an aromatic ring is 2. The SMILES string of the molecule is Cc1ccc(-c2nccc(Sc3ccnc(-c4ccc(C)c(C)c4Br)c3N)c2N)c(Br)c1C. The summed E-state index contributed by atoms with van der Waals surface area (Å²) in [6.45, 7) is 8.35.